The number of carbonyl (C=O) groups is 1. The predicted octanol–water partition coefficient (Wildman–Crippen LogP) is 3.61. The van der Waals surface area contributed by atoms with Crippen molar-refractivity contribution in [3.05, 3.63) is 28.0 Å². The molecule has 0 radical (unpaired) electrons. The molecule has 19 heavy (non-hydrogen) atoms. The zero-order valence-corrected chi connectivity index (χ0v) is 12.2. The minimum Gasteiger partial charge on any atom is -0.478 e. The first-order valence-electron chi connectivity index (χ1n) is 6.84. The van der Waals surface area contributed by atoms with Crippen LogP contribution in [0.1, 0.15) is 42.5 Å². The van der Waals surface area contributed by atoms with E-state index in [9.17, 15) is 4.79 Å². The maximum atomic E-state index is 10.5. The molecule has 0 aromatic carbocycles. The second-order valence-corrected chi connectivity index (χ2v) is 6.22. The van der Waals surface area contributed by atoms with E-state index in [1.54, 1.807) is 17.4 Å². The van der Waals surface area contributed by atoms with Crippen LogP contribution in [0, 0.1) is 0 Å². The Bertz CT molecular complexity index is 447. The number of carboxylic acid groups (broad SMARTS) is 1. The molecule has 0 bridgehead atoms. The number of nitrogens with zero attached hydrogens (tertiary/aromatic N) is 1. The second kappa shape index (κ2) is 6.87. The van der Waals surface area contributed by atoms with Gasteiger partial charge in [-0.1, -0.05) is 19.3 Å². The molecule has 1 fully saturated rings. The lowest BCUT2D eigenvalue weighted by atomic mass is 9.94. The molecule has 0 unspecified atom stereocenters. The van der Waals surface area contributed by atoms with Crippen molar-refractivity contribution in [1.82, 2.24) is 4.90 Å². The van der Waals surface area contributed by atoms with Crippen LogP contribution in [0.4, 0.5) is 0 Å². The Morgan fingerprint density at radius 2 is 2.21 bits per heavy atom. The van der Waals surface area contributed by atoms with Gasteiger partial charge in [-0.25, -0.2) is 4.79 Å². The Kier molecular flexibility index (Phi) is 5.16. The number of hydrogen-bond donors (Lipinski definition) is 1. The summed E-state index contributed by atoms with van der Waals surface area (Å²) in [7, 11) is 2.20. The molecule has 0 saturated heterocycles. The summed E-state index contributed by atoms with van der Waals surface area (Å²) in [5.41, 5.74) is 0.986. The van der Waals surface area contributed by atoms with Crippen LogP contribution in [0.15, 0.2) is 17.5 Å². The van der Waals surface area contributed by atoms with E-state index < -0.39 is 5.97 Å². The fraction of sp³-hybridized carbons (Fsp3) is 0.533. The molecule has 1 aromatic heterocycles. The van der Waals surface area contributed by atoms with E-state index in [-0.39, 0.29) is 0 Å². The summed E-state index contributed by atoms with van der Waals surface area (Å²) in [6.07, 6.45) is 9.56. The van der Waals surface area contributed by atoms with Crippen LogP contribution in [-0.4, -0.2) is 29.1 Å². The summed E-state index contributed by atoms with van der Waals surface area (Å²) < 4.78 is 0. The molecule has 0 amide bonds. The average molecular weight is 279 g/mol. The highest BCUT2D eigenvalue weighted by Crippen LogP contribution is 2.24. The Hall–Kier alpha value is -1.13. The number of carboxylic acids is 1. The first-order chi connectivity index (χ1) is 9.15. The fourth-order valence-corrected chi connectivity index (χ4v) is 3.55. The number of aliphatic carboxylic acids is 1. The van der Waals surface area contributed by atoms with E-state index in [2.05, 4.69) is 18.0 Å². The molecule has 1 aromatic rings. The minimum absolute atomic E-state index is 0.717. The molecule has 1 aliphatic rings. The molecule has 1 N–H and O–H groups in total. The summed E-state index contributed by atoms with van der Waals surface area (Å²) in [4.78, 5) is 14.2. The van der Waals surface area contributed by atoms with E-state index in [4.69, 9.17) is 5.11 Å². The maximum Gasteiger partial charge on any atom is 0.328 e. The van der Waals surface area contributed by atoms with Gasteiger partial charge >= 0.3 is 5.97 Å². The van der Waals surface area contributed by atoms with Crippen molar-refractivity contribution in [2.75, 3.05) is 7.05 Å². The minimum atomic E-state index is -0.896. The Balaban J connectivity index is 1.90. The zero-order valence-electron chi connectivity index (χ0n) is 11.3. The molecule has 0 atom stereocenters. The average Bonchev–Trinajstić information content (AvgIpc) is 2.85. The lowest BCUT2D eigenvalue weighted by Crippen LogP contribution is -2.32. The van der Waals surface area contributed by atoms with Crippen molar-refractivity contribution in [2.45, 2.75) is 44.7 Å². The normalized spacial score (nSPS) is 17.4. The van der Waals surface area contributed by atoms with Crippen molar-refractivity contribution in [3.63, 3.8) is 0 Å². The van der Waals surface area contributed by atoms with Gasteiger partial charge in [-0.3, -0.25) is 4.90 Å². The van der Waals surface area contributed by atoms with Crippen molar-refractivity contribution in [3.8, 4) is 0 Å². The van der Waals surface area contributed by atoms with Gasteiger partial charge in [-0.2, -0.15) is 0 Å². The molecule has 1 saturated carbocycles. The topological polar surface area (TPSA) is 40.5 Å². The molecular formula is C15H21NO2S. The molecule has 4 heteroatoms. The van der Waals surface area contributed by atoms with Crippen LogP contribution < -0.4 is 0 Å². The quantitative estimate of drug-likeness (QED) is 0.837. The lowest BCUT2D eigenvalue weighted by molar-refractivity contribution is -0.131. The van der Waals surface area contributed by atoms with Crippen LogP contribution in [0.25, 0.3) is 6.08 Å². The van der Waals surface area contributed by atoms with Crippen molar-refractivity contribution in [1.29, 1.82) is 0 Å². The van der Waals surface area contributed by atoms with Gasteiger partial charge in [-0.05, 0) is 43.0 Å². The van der Waals surface area contributed by atoms with Crippen molar-refractivity contribution < 1.29 is 9.90 Å². The van der Waals surface area contributed by atoms with Gasteiger partial charge in [0.15, 0.2) is 0 Å². The standard InChI is InChI=1S/C15H21NO2S/c1-16(13-5-3-2-4-6-13)10-14-9-12(11-19-14)7-8-15(17)18/h7-9,11,13H,2-6,10H2,1H3,(H,17,18). The Morgan fingerprint density at radius 1 is 1.47 bits per heavy atom. The van der Waals surface area contributed by atoms with Crippen molar-refractivity contribution >= 4 is 23.4 Å². The van der Waals surface area contributed by atoms with Crippen LogP contribution >= 0.6 is 11.3 Å². The van der Waals surface area contributed by atoms with E-state index in [0.717, 1.165) is 12.1 Å². The van der Waals surface area contributed by atoms with E-state index >= 15 is 0 Å². The third-order valence-corrected chi connectivity index (χ3v) is 4.64. The van der Waals surface area contributed by atoms with Gasteiger partial charge in [-0.15, -0.1) is 11.3 Å². The summed E-state index contributed by atoms with van der Waals surface area (Å²) >= 11 is 1.71. The number of rotatable bonds is 5. The van der Waals surface area contributed by atoms with Crippen molar-refractivity contribution in [2.24, 2.45) is 0 Å². The third kappa shape index (κ3) is 4.48. The first-order valence-corrected chi connectivity index (χ1v) is 7.72. The molecule has 0 spiro atoms. The molecule has 2 rings (SSSR count). The maximum absolute atomic E-state index is 10.5. The summed E-state index contributed by atoms with van der Waals surface area (Å²) in [6.45, 7) is 0.968. The van der Waals surface area contributed by atoms with Crippen LogP contribution in [-0.2, 0) is 11.3 Å². The number of hydrogen-bond acceptors (Lipinski definition) is 3. The predicted molar refractivity (Wildman–Crippen MR) is 79.3 cm³/mol. The summed E-state index contributed by atoms with van der Waals surface area (Å²) in [6, 6.07) is 2.80. The highest BCUT2D eigenvalue weighted by Gasteiger charge is 2.18. The Morgan fingerprint density at radius 3 is 2.89 bits per heavy atom. The summed E-state index contributed by atoms with van der Waals surface area (Å²) in [5.74, 6) is -0.896. The Labute approximate surface area is 118 Å². The molecular weight excluding hydrogens is 258 g/mol. The molecule has 1 heterocycles. The summed E-state index contributed by atoms with van der Waals surface area (Å²) in [5, 5.41) is 10.6. The third-order valence-electron chi connectivity index (χ3n) is 3.70. The van der Waals surface area contributed by atoms with E-state index in [1.165, 1.54) is 43.1 Å². The van der Waals surface area contributed by atoms with Crippen LogP contribution in [0.3, 0.4) is 0 Å². The highest BCUT2D eigenvalue weighted by atomic mass is 32.1. The van der Waals surface area contributed by atoms with Gasteiger partial charge in [0.1, 0.15) is 0 Å². The first kappa shape index (κ1) is 14.3. The molecule has 1 aliphatic carbocycles. The largest absolute Gasteiger partial charge is 0.478 e. The lowest BCUT2D eigenvalue weighted by Gasteiger charge is -2.30. The van der Waals surface area contributed by atoms with E-state index in [1.807, 2.05) is 5.38 Å². The van der Waals surface area contributed by atoms with Gasteiger partial charge < -0.3 is 5.11 Å². The van der Waals surface area contributed by atoms with Crippen LogP contribution in [0.2, 0.25) is 0 Å². The van der Waals surface area contributed by atoms with E-state index in [0.29, 0.717) is 6.04 Å². The SMILES string of the molecule is CN(Cc1cc(C=CC(=O)O)cs1)C1CCCCC1. The smallest absolute Gasteiger partial charge is 0.328 e. The zero-order chi connectivity index (χ0) is 13.7. The van der Waals surface area contributed by atoms with Crippen LogP contribution in [0.5, 0.6) is 0 Å². The fourth-order valence-electron chi connectivity index (χ4n) is 2.63. The number of thiophene rings is 1. The van der Waals surface area contributed by atoms with Gasteiger partial charge in [0.05, 0.1) is 0 Å². The molecule has 104 valence electrons. The molecule has 3 nitrogen and oxygen atoms in total. The monoisotopic (exact) mass is 279 g/mol. The van der Waals surface area contributed by atoms with Gasteiger partial charge in [0, 0.05) is 23.5 Å². The van der Waals surface area contributed by atoms with Gasteiger partial charge in [0.2, 0.25) is 0 Å². The second-order valence-electron chi connectivity index (χ2n) is 5.22. The highest BCUT2D eigenvalue weighted by molar-refractivity contribution is 7.10. The van der Waals surface area contributed by atoms with Gasteiger partial charge in [0.25, 0.3) is 0 Å². The molecule has 0 aliphatic heterocycles.